The van der Waals surface area contributed by atoms with E-state index in [1.165, 1.54) is 19.5 Å². The van der Waals surface area contributed by atoms with Crippen molar-refractivity contribution in [3.8, 4) is 5.88 Å². The molecule has 1 N–H and O–H groups in total. The number of methoxy groups -OCH3 is 1. The second kappa shape index (κ2) is 3.49. The molecule has 4 nitrogen and oxygen atoms in total. The summed E-state index contributed by atoms with van der Waals surface area (Å²) < 4.78 is 19.2. The molecule has 0 spiro atoms. The average molecular weight is 197 g/mol. The van der Waals surface area contributed by atoms with Gasteiger partial charge in [0, 0.05) is 25.4 Å². The van der Waals surface area contributed by atoms with E-state index in [0.29, 0.717) is 18.7 Å². The molecule has 1 aliphatic rings. The molecule has 76 valence electrons. The van der Waals surface area contributed by atoms with Gasteiger partial charge in [0.1, 0.15) is 5.69 Å². The van der Waals surface area contributed by atoms with Crippen molar-refractivity contribution in [3.05, 3.63) is 18.1 Å². The van der Waals surface area contributed by atoms with E-state index in [4.69, 9.17) is 4.74 Å². The summed E-state index contributed by atoms with van der Waals surface area (Å²) in [4.78, 5) is 7.94. The van der Waals surface area contributed by atoms with Gasteiger partial charge in [-0.25, -0.2) is 9.37 Å². The van der Waals surface area contributed by atoms with E-state index in [2.05, 4.69) is 15.3 Å². The molecule has 0 aliphatic carbocycles. The molecule has 1 unspecified atom stereocenters. The average Bonchev–Trinajstić information content (AvgIpc) is 2.66. The fraction of sp³-hybridized carbons (Fsp3) is 0.556. The van der Waals surface area contributed by atoms with E-state index < -0.39 is 5.67 Å². The molecular weight excluding hydrogens is 185 g/mol. The largest absolute Gasteiger partial charge is 0.480 e. The topological polar surface area (TPSA) is 47.0 Å². The molecule has 5 heteroatoms. The van der Waals surface area contributed by atoms with Crippen LogP contribution in [0.1, 0.15) is 12.1 Å². The molecule has 0 radical (unpaired) electrons. The zero-order valence-corrected chi connectivity index (χ0v) is 7.96. The Labute approximate surface area is 81.5 Å². The Hall–Kier alpha value is -1.23. The SMILES string of the molecule is COc1nccnc1C1(F)CCNC1. The number of hydrogen-bond acceptors (Lipinski definition) is 4. The first kappa shape index (κ1) is 9.33. The van der Waals surface area contributed by atoms with Crippen molar-refractivity contribution in [3.63, 3.8) is 0 Å². The zero-order chi connectivity index (χ0) is 10.0. The van der Waals surface area contributed by atoms with Gasteiger partial charge in [-0.15, -0.1) is 0 Å². The summed E-state index contributed by atoms with van der Waals surface area (Å²) in [6.07, 6.45) is 3.40. The summed E-state index contributed by atoms with van der Waals surface area (Å²) in [6, 6.07) is 0. The third-order valence-corrected chi connectivity index (χ3v) is 2.39. The van der Waals surface area contributed by atoms with Crippen molar-refractivity contribution in [1.82, 2.24) is 15.3 Å². The Bertz CT molecular complexity index is 326. The number of aromatic nitrogens is 2. The van der Waals surface area contributed by atoms with E-state index in [9.17, 15) is 4.39 Å². The van der Waals surface area contributed by atoms with Gasteiger partial charge >= 0.3 is 0 Å². The quantitative estimate of drug-likeness (QED) is 0.756. The minimum Gasteiger partial charge on any atom is -0.480 e. The molecular formula is C9H12FN3O. The number of alkyl halides is 1. The van der Waals surface area contributed by atoms with Crippen LogP contribution in [0.5, 0.6) is 5.88 Å². The summed E-state index contributed by atoms with van der Waals surface area (Å²) in [7, 11) is 1.47. The van der Waals surface area contributed by atoms with Crippen LogP contribution in [0.4, 0.5) is 4.39 Å². The summed E-state index contributed by atoms with van der Waals surface area (Å²) in [5.41, 5.74) is -1.13. The maximum atomic E-state index is 14.2. The predicted octanol–water partition coefficient (Wildman–Crippen LogP) is 0.643. The number of rotatable bonds is 2. The van der Waals surface area contributed by atoms with Gasteiger partial charge in [0.15, 0.2) is 5.67 Å². The molecule has 1 aromatic rings. The lowest BCUT2D eigenvalue weighted by Gasteiger charge is -2.18. The van der Waals surface area contributed by atoms with E-state index in [0.717, 1.165) is 0 Å². The van der Waals surface area contributed by atoms with Crippen LogP contribution in [0, 0.1) is 0 Å². The molecule has 1 atom stereocenters. The minimum absolute atomic E-state index is 0.277. The standard InChI is InChI=1S/C9H12FN3O/c1-14-8-7(12-4-5-13-8)9(10)2-3-11-6-9/h4-5,11H,2-3,6H2,1H3. The summed E-state index contributed by atoms with van der Waals surface area (Å²) in [5, 5.41) is 2.96. The molecule has 14 heavy (non-hydrogen) atoms. The summed E-state index contributed by atoms with van der Waals surface area (Å²) >= 11 is 0. The second-order valence-corrected chi connectivity index (χ2v) is 3.31. The van der Waals surface area contributed by atoms with Gasteiger partial charge in [-0.3, -0.25) is 4.98 Å². The molecule has 2 rings (SSSR count). The highest BCUT2D eigenvalue weighted by Gasteiger charge is 2.40. The molecule has 1 fully saturated rings. The molecule has 0 aromatic carbocycles. The molecule has 1 aliphatic heterocycles. The Morgan fingerprint density at radius 1 is 1.50 bits per heavy atom. The van der Waals surface area contributed by atoms with Gasteiger partial charge in [0.2, 0.25) is 5.88 Å². The molecule has 0 bridgehead atoms. The van der Waals surface area contributed by atoms with Crippen molar-refractivity contribution in [1.29, 1.82) is 0 Å². The van der Waals surface area contributed by atoms with Crippen LogP contribution in [0.3, 0.4) is 0 Å². The third kappa shape index (κ3) is 1.43. The highest BCUT2D eigenvalue weighted by Crippen LogP contribution is 2.34. The molecule has 1 aromatic heterocycles. The highest BCUT2D eigenvalue weighted by atomic mass is 19.1. The number of halogens is 1. The normalized spacial score (nSPS) is 26.4. The van der Waals surface area contributed by atoms with Gasteiger partial charge in [-0.05, 0) is 6.54 Å². The Kier molecular flexibility index (Phi) is 2.33. The van der Waals surface area contributed by atoms with Gasteiger partial charge in [-0.2, -0.15) is 0 Å². The van der Waals surface area contributed by atoms with E-state index in [1.807, 2.05) is 0 Å². The molecule has 2 heterocycles. The van der Waals surface area contributed by atoms with Crippen LogP contribution < -0.4 is 10.1 Å². The van der Waals surface area contributed by atoms with Crippen LogP contribution >= 0.6 is 0 Å². The number of ether oxygens (including phenoxy) is 1. The van der Waals surface area contributed by atoms with Crippen molar-refractivity contribution < 1.29 is 9.13 Å². The fourth-order valence-electron chi connectivity index (χ4n) is 1.65. The van der Waals surface area contributed by atoms with Gasteiger partial charge in [-0.1, -0.05) is 0 Å². The van der Waals surface area contributed by atoms with Crippen molar-refractivity contribution >= 4 is 0 Å². The summed E-state index contributed by atoms with van der Waals surface area (Å²) in [6.45, 7) is 0.943. The van der Waals surface area contributed by atoms with Gasteiger partial charge in [0.05, 0.1) is 7.11 Å². The highest BCUT2D eigenvalue weighted by molar-refractivity contribution is 5.26. The lowest BCUT2D eigenvalue weighted by Crippen LogP contribution is -2.25. The lowest BCUT2D eigenvalue weighted by molar-refractivity contribution is 0.178. The number of nitrogens with one attached hydrogen (secondary N) is 1. The van der Waals surface area contributed by atoms with Gasteiger partial charge in [0.25, 0.3) is 0 Å². The molecule has 0 saturated carbocycles. The van der Waals surface area contributed by atoms with Crippen molar-refractivity contribution in [2.24, 2.45) is 0 Å². The first-order valence-corrected chi connectivity index (χ1v) is 4.51. The Morgan fingerprint density at radius 2 is 2.29 bits per heavy atom. The number of hydrogen-bond donors (Lipinski definition) is 1. The van der Waals surface area contributed by atoms with Crippen LogP contribution in [-0.2, 0) is 5.67 Å². The van der Waals surface area contributed by atoms with E-state index in [1.54, 1.807) is 0 Å². The maximum absolute atomic E-state index is 14.2. The monoisotopic (exact) mass is 197 g/mol. The minimum atomic E-state index is -1.43. The molecule has 1 saturated heterocycles. The van der Waals surface area contributed by atoms with Crippen LogP contribution in [0.15, 0.2) is 12.4 Å². The van der Waals surface area contributed by atoms with Gasteiger partial charge < -0.3 is 10.1 Å². The smallest absolute Gasteiger partial charge is 0.238 e. The van der Waals surface area contributed by atoms with E-state index >= 15 is 0 Å². The predicted molar refractivity (Wildman–Crippen MR) is 48.9 cm³/mol. The zero-order valence-electron chi connectivity index (χ0n) is 7.96. The second-order valence-electron chi connectivity index (χ2n) is 3.31. The molecule has 0 amide bonds. The van der Waals surface area contributed by atoms with Crippen LogP contribution in [0.2, 0.25) is 0 Å². The Morgan fingerprint density at radius 3 is 2.93 bits per heavy atom. The van der Waals surface area contributed by atoms with E-state index in [-0.39, 0.29) is 12.4 Å². The first-order chi connectivity index (χ1) is 6.76. The third-order valence-electron chi connectivity index (χ3n) is 2.39. The fourth-order valence-corrected chi connectivity index (χ4v) is 1.65. The van der Waals surface area contributed by atoms with Crippen molar-refractivity contribution in [2.45, 2.75) is 12.1 Å². The Balaban J connectivity index is 2.39. The summed E-state index contributed by atoms with van der Waals surface area (Å²) in [5.74, 6) is 0.277. The van der Waals surface area contributed by atoms with Crippen LogP contribution in [0.25, 0.3) is 0 Å². The first-order valence-electron chi connectivity index (χ1n) is 4.51. The number of nitrogens with zero attached hydrogens (tertiary/aromatic N) is 2. The van der Waals surface area contributed by atoms with Crippen molar-refractivity contribution in [2.75, 3.05) is 20.2 Å². The van der Waals surface area contributed by atoms with Crippen LogP contribution in [-0.4, -0.2) is 30.2 Å². The lowest BCUT2D eigenvalue weighted by atomic mass is 10.0. The maximum Gasteiger partial charge on any atom is 0.238 e.